The summed E-state index contributed by atoms with van der Waals surface area (Å²) < 4.78 is 17.3. The third-order valence-corrected chi connectivity index (χ3v) is 3.59. The SMILES string of the molecule is CCOC(=O)CC(Oc1ccccc1)Oc1ccc(Br)cc1Cl. The van der Waals surface area contributed by atoms with Crippen molar-refractivity contribution in [3.8, 4) is 11.5 Å². The highest BCUT2D eigenvalue weighted by Crippen LogP contribution is 2.29. The Labute approximate surface area is 148 Å². The van der Waals surface area contributed by atoms with Gasteiger partial charge in [0.2, 0.25) is 0 Å². The summed E-state index contributed by atoms with van der Waals surface area (Å²) in [7, 11) is 0. The van der Waals surface area contributed by atoms with Crippen LogP contribution in [0.25, 0.3) is 0 Å². The highest BCUT2D eigenvalue weighted by molar-refractivity contribution is 9.10. The zero-order chi connectivity index (χ0) is 16.7. The number of halogens is 2. The lowest BCUT2D eigenvalue weighted by Crippen LogP contribution is -2.28. The van der Waals surface area contributed by atoms with Crippen molar-refractivity contribution in [1.82, 2.24) is 0 Å². The summed E-state index contributed by atoms with van der Waals surface area (Å²) in [6, 6.07) is 14.3. The number of hydrogen-bond acceptors (Lipinski definition) is 4. The van der Waals surface area contributed by atoms with Gasteiger partial charge in [-0.3, -0.25) is 4.79 Å². The van der Waals surface area contributed by atoms with Gasteiger partial charge in [-0.1, -0.05) is 45.7 Å². The monoisotopic (exact) mass is 398 g/mol. The highest BCUT2D eigenvalue weighted by atomic mass is 79.9. The largest absolute Gasteiger partial charge is 0.466 e. The molecular formula is C17H16BrClO4. The molecule has 0 radical (unpaired) electrons. The summed E-state index contributed by atoms with van der Waals surface area (Å²) in [4.78, 5) is 11.8. The number of hydrogen-bond donors (Lipinski definition) is 0. The molecule has 0 aliphatic heterocycles. The van der Waals surface area contributed by atoms with E-state index >= 15 is 0 Å². The van der Waals surface area contributed by atoms with Crippen LogP contribution in [0.1, 0.15) is 13.3 Å². The number of carbonyl (C=O) groups is 1. The first kappa shape index (κ1) is 17.6. The van der Waals surface area contributed by atoms with Crippen LogP contribution in [0.3, 0.4) is 0 Å². The van der Waals surface area contributed by atoms with Gasteiger partial charge in [0.05, 0.1) is 11.6 Å². The maximum absolute atomic E-state index is 11.8. The van der Waals surface area contributed by atoms with Crippen LogP contribution in [-0.2, 0) is 9.53 Å². The van der Waals surface area contributed by atoms with Crippen LogP contribution < -0.4 is 9.47 Å². The Hall–Kier alpha value is -1.72. The second-order valence-corrected chi connectivity index (χ2v) is 5.89. The fourth-order valence-electron chi connectivity index (χ4n) is 1.83. The third-order valence-electron chi connectivity index (χ3n) is 2.80. The Morgan fingerprint density at radius 2 is 1.91 bits per heavy atom. The summed E-state index contributed by atoms with van der Waals surface area (Å²) >= 11 is 9.48. The molecule has 0 heterocycles. The summed E-state index contributed by atoms with van der Waals surface area (Å²) in [5.74, 6) is 0.622. The molecule has 2 aromatic carbocycles. The molecule has 0 aliphatic carbocycles. The van der Waals surface area contributed by atoms with Gasteiger partial charge in [0.1, 0.15) is 17.9 Å². The van der Waals surface area contributed by atoms with Gasteiger partial charge in [0.25, 0.3) is 6.29 Å². The fourth-order valence-corrected chi connectivity index (χ4v) is 2.54. The Bertz CT molecular complexity index is 648. The molecular weight excluding hydrogens is 384 g/mol. The van der Waals surface area contributed by atoms with E-state index in [1.165, 1.54) is 0 Å². The summed E-state index contributed by atoms with van der Waals surface area (Å²) in [6.45, 7) is 2.05. The predicted molar refractivity (Wildman–Crippen MR) is 91.9 cm³/mol. The second-order valence-electron chi connectivity index (χ2n) is 4.56. The molecule has 122 valence electrons. The van der Waals surface area contributed by atoms with Gasteiger partial charge < -0.3 is 14.2 Å². The van der Waals surface area contributed by atoms with Gasteiger partial charge in [-0.05, 0) is 37.3 Å². The first-order valence-corrected chi connectivity index (χ1v) is 8.24. The van der Waals surface area contributed by atoms with Crippen LogP contribution in [0.2, 0.25) is 5.02 Å². The summed E-state index contributed by atoms with van der Waals surface area (Å²) in [5, 5.41) is 0.421. The van der Waals surface area contributed by atoms with Crippen molar-refractivity contribution in [2.45, 2.75) is 19.6 Å². The number of para-hydroxylation sites is 1. The molecule has 4 nitrogen and oxygen atoms in total. The van der Waals surface area contributed by atoms with Crippen LogP contribution >= 0.6 is 27.5 Å². The van der Waals surface area contributed by atoms with Crippen LogP contribution in [0.4, 0.5) is 0 Å². The Morgan fingerprint density at radius 3 is 2.57 bits per heavy atom. The molecule has 0 spiro atoms. The van der Waals surface area contributed by atoms with E-state index in [0.29, 0.717) is 23.1 Å². The van der Waals surface area contributed by atoms with Crippen molar-refractivity contribution >= 4 is 33.5 Å². The lowest BCUT2D eigenvalue weighted by molar-refractivity contribution is -0.148. The zero-order valence-corrected chi connectivity index (χ0v) is 14.8. The predicted octanol–water partition coefficient (Wildman–Crippen LogP) is 4.84. The minimum atomic E-state index is -0.838. The van der Waals surface area contributed by atoms with E-state index in [9.17, 15) is 4.79 Å². The maximum atomic E-state index is 11.8. The minimum Gasteiger partial charge on any atom is -0.466 e. The number of rotatable bonds is 7. The van der Waals surface area contributed by atoms with E-state index in [1.807, 2.05) is 18.2 Å². The van der Waals surface area contributed by atoms with Crippen molar-refractivity contribution < 1.29 is 19.0 Å². The molecule has 0 N–H and O–H groups in total. The van der Waals surface area contributed by atoms with Gasteiger partial charge in [-0.15, -0.1) is 0 Å². The van der Waals surface area contributed by atoms with Gasteiger partial charge in [-0.25, -0.2) is 0 Å². The molecule has 1 unspecified atom stereocenters. The summed E-state index contributed by atoms with van der Waals surface area (Å²) in [6.07, 6.45) is -0.884. The van der Waals surface area contributed by atoms with Crippen molar-refractivity contribution in [1.29, 1.82) is 0 Å². The van der Waals surface area contributed by atoms with Crippen LogP contribution in [0, 0.1) is 0 Å². The highest BCUT2D eigenvalue weighted by Gasteiger charge is 2.20. The Kier molecular flexibility index (Phi) is 6.74. The van der Waals surface area contributed by atoms with Crippen molar-refractivity contribution in [2.24, 2.45) is 0 Å². The number of esters is 1. The van der Waals surface area contributed by atoms with E-state index in [4.69, 9.17) is 25.8 Å². The van der Waals surface area contributed by atoms with Crippen molar-refractivity contribution in [2.75, 3.05) is 6.61 Å². The molecule has 0 aliphatic rings. The number of carbonyl (C=O) groups excluding carboxylic acids is 1. The Morgan fingerprint density at radius 1 is 1.17 bits per heavy atom. The molecule has 0 aromatic heterocycles. The molecule has 23 heavy (non-hydrogen) atoms. The van der Waals surface area contributed by atoms with E-state index in [2.05, 4.69) is 15.9 Å². The summed E-state index contributed by atoms with van der Waals surface area (Å²) in [5.41, 5.74) is 0. The lowest BCUT2D eigenvalue weighted by Gasteiger charge is -2.20. The standard InChI is InChI=1S/C17H16BrClO4/c1-2-21-16(20)11-17(22-13-6-4-3-5-7-13)23-15-9-8-12(18)10-14(15)19/h3-10,17H,2,11H2,1H3. The van der Waals surface area contributed by atoms with Crippen LogP contribution in [0.15, 0.2) is 53.0 Å². The van der Waals surface area contributed by atoms with Gasteiger partial charge in [0, 0.05) is 4.47 Å². The normalized spacial score (nSPS) is 11.6. The quantitative estimate of drug-likeness (QED) is 0.494. The molecule has 1 atom stereocenters. The lowest BCUT2D eigenvalue weighted by atomic mass is 10.3. The van der Waals surface area contributed by atoms with Crippen molar-refractivity contribution in [3.63, 3.8) is 0 Å². The molecule has 0 amide bonds. The molecule has 0 fully saturated rings. The smallest absolute Gasteiger partial charge is 0.313 e. The van der Waals surface area contributed by atoms with Gasteiger partial charge in [0.15, 0.2) is 0 Å². The zero-order valence-electron chi connectivity index (χ0n) is 12.5. The molecule has 0 bridgehead atoms. The first-order valence-electron chi connectivity index (χ1n) is 7.07. The topological polar surface area (TPSA) is 44.8 Å². The van der Waals surface area contributed by atoms with Gasteiger partial charge in [-0.2, -0.15) is 0 Å². The minimum absolute atomic E-state index is 0.0465. The van der Waals surface area contributed by atoms with Crippen molar-refractivity contribution in [3.05, 3.63) is 58.0 Å². The van der Waals surface area contributed by atoms with Gasteiger partial charge >= 0.3 is 5.97 Å². The van der Waals surface area contributed by atoms with E-state index in [-0.39, 0.29) is 6.42 Å². The second kappa shape index (κ2) is 8.79. The van der Waals surface area contributed by atoms with Crippen LogP contribution in [0.5, 0.6) is 11.5 Å². The molecule has 0 saturated carbocycles. The maximum Gasteiger partial charge on any atom is 0.313 e. The molecule has 0 saturated heterocycles. The average Bonchev–Trinajstić information content (AvgIpc) is 2.51. The first-order chi connectivity index (χ1) is 11.1. The van der Waals surface area contributed by atoms with Crippen LogP contribution in [-0.4, -0.2) is 18.9 Å². The number of ether oxygens (including phenoxy) is 3. The third kappa shape index (κ3) is 5.77. The number of benzene rings is 2. The molecule has 6 heteroatoms. The van der Waals surface area contributed by atoms with E-state index in [0.717, 1.165) is 4.47 Å². The van der Waals surface area contributed by atoms with E-state index < -0.39 is 12.3 Å². The fraction of sp³-hybridized carbons (Fsp3) is 0.235. The average molecular weight is 400 g/mol. The molecule has 2 aromatic rings. The Balaban J connectivity index is 2.13. The van der Waals surface area contributed by atoms with E-state index in [1.54, 1.807) is 37.3 Å². The molecule has 2 rings (SSSR count).